The van der Waals surface area contributed by atoms with Gasteiger partial charge in [-0.1, -0.05) is 32.0 Å². The minimum Gasteiger partial charge on any atom is -0.497 e. The fourth-order valence-electron chi connectivity index (χ4n) is 3.08. The first-order valence-corrected chi connectivity index (χ1v) is 11.5. The van der Waals surface area contributed by atoms with Crippen molar-refractivity contribution in [2.75, 3.05) is 12.4 Å². The second-order valence-corrected chi connectivity index (χ2v) is 9.22. The number of hydrogen-bond donors (Lipinski definition) is 2. The summed E-state index contributed by atoms with van der Waals surface area (Å²) in [6.07, 6.45) is -1.09. The van der Waals surface area contributed by atoms with Gasteiger partial charge < -0.3 is 14.8 Å². The van der Waals surface area contributed by atoms with E-state index >= 15 is 0 Å². The standard InChI is InChI=1S/C22H25N3O6S/c1-13(2)19(24-20-17-10-5-6-11-18(17)32(28,29)25-20)22(27)31-14(3)21(26)23-15-8-7-9-16(12-15)30-4/h5-14,19H,1-4H3,(H,23,26)(H,24,25)/t14-,19+/m0/s1. The van der Waals surface area contributed by atoms with E-state index in [1.165, 1.54) is 20.1 Å². The van der Waals surface area contributed by atoms with E-state index in [4.69, 9.17) is 9.47 Å². The molecule has 3 rings (SSSR count). The number of esters is 1. The number of amides is 1. The number of ether oxygens (including phenoxy) is 2. The molecular weight excluding hydrogens is 434 g/mol. The molecule has 0 aromatic heterocycles. The van der Waals surface area contributed by atoms with Crippen molar-refractivity contribution in [3.05, 3.63) is 54.1 Å². The molecule has 170 valence electrons. The highest BCUT2D eigenvalue weighted by molar-refractivity contribution is 7.90. The number of amidine groups is 1. The number of sulfonamides is 1. The third-order valence-corrected chi connectivity index (χ3v) is 6.20. The van der Waals surface area contributed by atoms with Crippen LogP contribution in [0.25, 0.3) is 0 Å². The lowest BCUT2D eigenvalue weighted by Gasteiger charge is -2.19. The van der Waals surface area contributed by atoms with E-state index in [9.17, 15) is 18.0 Å². The topological polar surface area (TPSA) is 123 Å². The largest absolute Gasteiger partial charge is 0.497 e. The Morgan fingerprint density at radius 3 is 2.47 bits per heavy atom. The van der Waals surface area contributed by atoms with E-state index in [-0.39, 0.29) is 16.6 Å². The Bertz CT molecular complexity index is 1160. The van der Waals surface area contributed by atoms with Crippen LogP contribution in [0.3, 0.4) is 0 Å². The normalized spacial score (nSPS) is 17.2. The molecule has 2 aromatic rings. The van der Waals surface area contributed by atoms with Crippen LogP contribution in [-0.2, 0) is 24.3 Å². The number of nitrogens with one attached hydrogen (secondary N) is 2. The van der Waals surface area contributed by atoms with Gasteiger partial charge in [-0.25, -0.2) is 13.2 Å². The van der Waals surface area contributed by atoms with Crippen LogP contribution in [0.5, 0.6) is 5.75 Å². The summed E-state index contributed by atoms with van der Waals surface area (Å²) in [5.74, 6) is -0.911. The highest BCUT2D eigenvalue weighted by atomic mass is 32.2. The van der Waals surface area contributed by atoms with Crippen molar-refractivity contribution in [3.8, 4) is 5.75 Å². The smallest absolute Gasteiger partial charge is 0.331 e. The lowest BCUT2D eigenvalue weighted by atomic mass is 10.0. The number of benzene rings is 2. The highest BCUT2D eigenvalue weighted by Crippen LogP contribution is 2.24. The van der Waals surface area contributed by atoms with E-state index < -0.39 is 34.0 Å². The first-order chi connectivity index (χ1) is 15.1. The van der Waals surface area contributed by atoms with Crippen LogP contribution in [0.1, 0.15) is 26.3 Å². The second kappa shape index (κ2) is 9.39. The van der Waals surface area contributed by atoms with Crippen molar-refractivity contribution in [1.29, 1.82) is 0 Å². The number of carbonyl (C=O) groups excluding carboxylic acids is 2. The van der Waals surface area contributed by atoms with E-state index in [0.29, 0.717) is 17.0 Å². The van der Waals surface area contributed by atoms with Crippen LogP contribution in [0.4, 0.5) is 5.69 Å². The summed E-state index contributed by atoms with van der Waals surface area (Å²) >= 11 is 0. The zero-order chi connectivity index (χ0) is 23.5. The average Bonchev–Trinajstić information content (AvgIpc) is 3.02. The minimum absolute atomic E-state index is 0.0738. The molecule has 0 aliphatic carbocycles. The van der Waals surface area contributed by atoms with Crippen molar-refractivity contribution in [2.24, 2.45) is 10.9 Å². The average molecular weight is 460 g/mol. The van der Waals surface area contributed by atoms with Gasteiger partial charge in [0, 0.05) is 17.3 Å². The Balaban J connectivity index is 1.74. The fraction of sp³-hybridized carbons (Fsp3) is 0.318. The number of carbonyl (C=O) groups is 2. The van der Waals surface area contributed by atoms with Crippen molar-refractivity contribution in [3.63, 3.8) is 0 Å². The van der Waals surface area contributed by atoms with Gasteiger partial charge in [-0.05, 0) is 37.1 Å². The quantitative estimate of drug-likeness (QED) is 0.613. The van der Waals surface area contributed by atoms with Gasteiger partial charge in [0.15, 0.2) is 12.1 Å². The Morgan fingerprint density at radius 2 is 1.78 bits per heavy atom. The fourth-order valence-corrected chi connectivity index (χ4v) is 4.32. The Kier molecular flexibility index (Phi) is 6.83. The zero-order valence-electron chi connectivity index (χ0n) is 18.2. The predicted molar refractivity (Wildman–Crippen MR) is 119 cm³/mol. The molecule has 0 saturated carbocycles. The van der Waals surface area contributed by atoms with Crippen molar-refractivity contribution in [2.45, 2.75) is 37.8 Å². The second-order valence-electron chi connectivity index (χ2n) is 7.57. The molecule has 0 fully saturated rings. The maximum Gasteiger partial charge on any atom is 0.331 e. The van der Waals surface area contributed by atoms with Crippen LogP contribution in [0.15, 0.2) is 58.4 Å². The Hall–Kier alpha value is -3.40. The van der Waals surface area contributed by atoms with Gasteiger partial charge >= 0.3 is 5.97 Å². The zero-order valence-corrected chi connectivity index (χ0v) is 19.0. The van der Waals surface area contributed by atoms with Gasteiger partial charge in [-0.3, -0.25) is 14.5 Å². The van der Waals surface area contributed by atoms with E-state index in [1.54, 1.807) is 56.3 Å². The molecule has 1 amide bonds. The summed E-state index contributed by atoms with van der Waals surface area (Å²) in [6, 6.07) is 12.1. The van der Waals surface area contributed by atoms with Gasteiger partial charge in [0.05, 0.1) is 12.0 Å². The summed E-state index contributed by atoms with van der Waals surface area (Å²) < 4.78 is 37.5. The molecule has 1 heterocycles. The maximum atomic E-state index is 12.8. The predicted octanol–water partition coefficient (Wildman–Crippen LogP) is 2.33. The summed E-state index contributed by atoms with van der Waals surface area (Å²) in [5, 5.41) is 2.66. The molecule has 9 nitrogen and oxygen atoms in total. The summed E-state index contributed by atoms with van der Waals surface area (Å²) in [5.41, 5.74) is 0.879. The Morgan fingerprint density at radius 1 is 1.06 bits per heavy atom. The van der Waals surface area contributed by atoms with Gasteiger partial charge in [0.2, 0.25) is 0 Å². The molecule has 1 aliphatic rings. The van der Waals surface area contributed by atoms with Crippen LogP contribution >= 0.6 is 0 Å². The number of rotatable bonds is 7. The SMILES string of the molecule is COc1cccc(NC(=O)[C@H](C)OC(=O)[C@H](N=C2NS(=O)(=O)c3ccccc32)C(C)C)c1. The van der Waals surface area contributed by atoms with Gasteiger partial charge in [0.1, 0.15) is 11.6 Å². The lowest BCUT2D eigenvalue weighted by molar-refractivity contribution is -0.155. The van der Waals surface area contributed by atoms with Crippen molar-refractivity contribution < 1.29 is 27.5 Å². The maximum absolute atomic E-state index is 12.8. The molecule has 32 heavy (non-hydrogen) atoms. The van der Waals surface area contributed by atoms with E-state index in [0.717, 1.165) is 0 Å². The number of hydrogen-bond acceptors (Lipinski definition) is 7. The molecule has 2 N–H and O–H groups in total. The van der Waals surface area contributed by atoms with Crippen LogP contribution in [-0.4, -0.2) is 45.4 Å². The minimum atomic E-state index is -3.74. The molecule has 2 atom stereocenters. The number of aliphatic imine (C=N–C) groups is 1. The third kappa shape index (κ3) is 5.08. The monoisotopic (exact) mass is 459 g/mol. The van der Waals surface area contributed by atoms with Crippen LogP contribution < -0.4 is 14.8 Å². The van der Waals surface area contributed by atoms with Gasteiger partial charge in [0.25, 0.3) is 15.9 Å². The summed E-state index contributed by atoms with van der Waals surface area (Å²) in [7, 11) is -2.22. The number of nitrogens with zero attached hydrogens (tertiary/aromatic N) is 1. The lowest BCUT2D eigenvalue weighted by Crippen LogP contribution is -2.37. The molecule has 2 aromatic carbocycles. The van der Waals surface area contributed by atoms with E-state index in [1.807, 2.05) is 0 Å². The molecule has 0 bridgehead atoms. The Labute approximate surface area is 186 Å². The molecule has 0 saturated heterocycles. The summed E-state index contributed by atoms with van der Waals surface area (Å²) in [4.78, 5) is 29.7. The van der Waals surface area contributed by atoms with Gasteiger partial charge in [-0.2, -0.15) is 0 Å². The number of methoxy groups -OCH3 is 1. The molecule has 1 aliphatic heterocycles. The van der Waals surface area contributed by atoms with Gasteiger partial charge in [-0.15, -0.1) is 0 Å². The molecule has 10 heteroatoms. The van der Waals surface area contributed by atoms with Crippen molar-refractivity contribution in [1.82, 2.24) is 4.72 Å². The van der Waals surface area contributed by atoms with Crippen molar-refractivity contribution >= 4 is 33.4 Å². The molecule has 0 spiro atoms. The number of anilines is 1. The molecular formula is C22H25N3O6S. The first-order valence-electron chi connectivity index (χ1n) is 9.98. The van der Waals surface area contributed by atoms with Crippen LogP contribution in [0.2, 0.25) is 0 Å². The van der Waals surface area contributed by atoms with E-state index in [2.05, 4.69) is 15.0 Å². The number of fused-ring (bicyclic) bond motifs is 1. The first kappa shape index (κ1) is 23.3. The summed E-state index contributed by atoms with van der Waals surface area (Å²) in [6.45, 7) is 4.96. The highest BCUT2D eigenvalue weighted by Gasteiger charge is 2.34. The van der Waals surface area contributed by atoms with Crippen LogP contribution in [0, 0.1) is 5.92 Å². The third-order valence-electron chi connectivity index (χ3n) is 4.80. The molecule has 0 radical (unpaired) electrons. The molecule has 0 unspecified atom stereocenters.